The molecule has 7 atom stereocenters. The molecule has 14 nitrogen and oxygen atoms in total. The largest absolute Gasteiger partial charge is 0.444 e. The minimum absolute atomic E-state index is 0.0873. The van der Waals surface area contributed by atoms with Gasteiger partial charge in [-0.05, 0) is 67.6 Å². The summed E-state index contributed by atoms with van der Waals surface area (Å²) in [4.78, 5) is 72.1. The number of alkyl carbamates (subject to hydrolysis) is 1. The van der Waals surface area contributed by atoms with Crippen molar-refractivity contribution < 1.29 is 41.9 Å². The highest BCUT2D eigenvalue weighted by Crippen LogP contribution is 2.50. The highest BCUT2D eigenvalue weighted by molar-refractivity contribution is 7.91. The number of fused-ring (bicyclic) bond motifs is 4. The van der Waals surface area contributed by atoms with Crippen LogP contribution in [-0.2, 0) is 47.0 Å². The van der Waals surface area contributed by atoms with Gasteiger partial charge >= 0.3 is 12.2 Å². The molecule has 3 heterocycles. The average molecular weight is 752 g/mol. The molecule has 3 aliphatic carbocycles. The number of hydrogen-bond donors (Lipinski definition) is 3. The summed E-state index contributed by atoms with van der Waals surface area (Å²) in [6, 6.07) is 3.58. The molecular formula is C38H49N5O9S. The van der Waals surface area contributed by atoms with E-state index in [0.29, 0.717) is 32.4 Å². The first-order valence-corrected chi connectivity index (χ1v) is 20.0. The summed E-state index contributed by atoms with van der Waals surface area (Å²) in [5.74, 6) is -2.56. The number of sulfonamides is 1. The topological polar surface area (TPSA) is 181 Å². The molecule has 1 saturated heterocycles. The van der Waals surface area contributed by atoms with Crippen molar-refractivity contribution >= 4 is 46.0 Å². The molecule has 6 aliphatic rings. The Bertz CT molecular complexity index is 1890. The Kier molecular flexibility index (Phi) is 9.18. The van der Waals surface area contributed by atoms with Crippen molar-refractivity contribution in [1.82, 2.24) is 25.2 Å². The van der Waals surface area contributed by atoms with Gasteiger partial charge in [0.05, 0.1) is 18.3 Å². The van der Waals surface area contributed by atoms with Crippen molar-refractivity contribution in [2.45, 2.75) is 120 Å². The molecule has 0 unspecified atom stereocenters. The van der Waals surface area contributed by atoms with Crippen LogP contribution in [0, 0.1) is 17.3 Å². The number of nitrogens with zero attached hydrogens (tertiary/aromatic N) is 2. The second-order valence-electron chi connectivity index (χ2n) is 16.8. The van der Waals surface area contributed by atoms with Gasteiger partial charge in [-0.25, -0.2) is 18.0 Å². The first kappa shape index (κ1) is 36.9. The average Bonchev–Trinajstić information content (AvgIpc) is 4.04. The zero-order valence-electron chi connectivity index (χ0n) is 30.7. The fraction of sp³-hybridized carbons (Fsp3) is 0.605. The molecule has 0 radical (unpaired) electrons. The summed E-state index contributed by atoms with van der Waals surface area (Å²) in [6.07, 6.45) is 6.60. The van der Waals surface area contributed by atoms with Crippen molar-refractivity contribution in [2.24, 2.45) is 17.3 Å². The quantitative estimate of drug-likeness (QED) is 0.367. The van der Waals surface area contributed by atoms with E-state index in [1.165, 1.54) is 11.0 Å². The molecule has 1 aromatic carbocycles. The number of carbonyl (C=O) groups is 5. The molecule has 0 aromatic heterocycles. The monoisotopic (exact) mass is 751 g/mol. The zero-order chi connectivity index (χ0) is 38.1. The van der Waals surface area contributed by atoms with Crippen molar-refractivity contribution in [3.8, 4) is 0 Å². The first-order valence-electron chi connectivity index (χ1n) is 18.5. The zero-order valence-corrected chi connectivity index (χ0v) is 31.5. The standard InChI is InChI=1S/C38H49N5O9S/c1-6-24-18-38(24,33(46)41-53(49,50)27-14-15-27)40-31(44)29-16-26-20-43(29)32(45)30(36(2,3)4)39-34(47)52-37(5)17-25(37)13-8-7-10-22-11-9-12-23-19-42(21-28(22)23)35(48)51-26/h6-7,9-12,24-27,29-30H,1,8,13-21H2,2-5H3,(H,39,47)(H,40,44)(H,41,46)/t24-,25+,26-,29+,30-,37+,38-/m1/s1. The normalized spacial score (nSPS) is 32.8. The van der Waals surface area contributed by atoms with E-state index in [-0.39, 0.29) is 25.3 Å². The second kappa shape index (κ2) is 13.2. The maximum absolute atomic E-state index is 14.5. The highest BCUT2D eigenvalue weighted by Gasteiger charge is 2.62. The lowest BCUT2D eigenvalue weighted by atomic mass is 9.85. The fourth-order valence-corrected chi connectivity index (χ4v) is 9.35. The van der Waals surface area contributed by atoms with Gasteiger partial charge in [-0.15, -0.1) is 6.58 Å². The number of hydrogen-bond acceptors (Lipinski definition) is 9. The van der Waals surface area contributed by atoms with Crippen LogP contribution in [0.3, 0.4) is 0 Å². The molecule has 3 aliphatic heterocycles. The van der Waals surface area contributed by atoms with Crippen molar-refractivity contribution in [3.05, 3.63) is 53.6 Å². The second-order valence-corrected chi connectivity index (χ2v) is 18.8. The van der Waals surface area contributed by atoms with Crippen LogP contribution in [0.25, 0.3) is 6.08 Å². The number of allylic oxidation sites excluding steroid dienone is 1. The van der Waals surface area contributed by atoms with E-state index < -0.39 is 85.8 Å². The van der Waals surface area contributed by atoms with Gasteiger partial charge in [-0.1, -0.05) is 57.2 Å². The van der Waals surface area contributed by atoms with Crippen molar-refractivity contribution in [1.29, 1.82) is 0 Å². The Labute approximate surface area is 310 Å². The molecule has 5 amide bonds. The van der Waals surface area contributed by atoms with Crippen LogP contribution in [0.4, 0.5) is 9.59 Å². The minimum atomic E-state index is -3.91. The van der Waals surface area contributed by atoms with Gasteiger partial charge in [-0.2, -0.15) is 0 Å². The number of amides is 5. The smallest absolute Gasteiger partial charge is 0.410 e. The molecule has 15 heteroatoms. The maximum Gasteiger partial charge on any atom is 0.410 e. The van der Waals surface area contributed by atoms with Gasteiger partial charge in [0.15, 0.2) is 0 Å². The molecule has 4 bridgehead atoms. The molecule has 0 spiro atoms. The lowest BCUT2D eigenvalue weighted by molar-refractivity contribution is -0.143. The number of nitrogens with one attached hydrogen (secondary N) is 3. The lowest BCUT2D eigenvalue weighted by Crippen LogP contribution is -2.60. The maximum atomic E-state index is 14.5. The van der Waals surface area contributed by atoms with E-state index >= 15 is 0 Å². The summed E-state index contributed by atoms with van der Waals surface area (Å²) in [6.45, 7) is 11.5. The van der Waals surface area contributed by atoms with Gasteiger partial charge in [0, 0.05) is 24.8 Å². The SMILES string of the molecule is C=C[C@@H]1C[C@]1(NC(=O)[C@@H]1C[C@@H]2CN1C(=O)[C@H](C(C)(C)C)NC(=O)O[C@@]1(C)C[C@@H]1CCC=Cc1cccc3c1CN(C3)C(=O)O2)C(=O)NS(=O)(=O)C1CC1. The minimum Gasteiger partial charge on any atom is -0.444 e. The third-order valence-corrected chi connectivity index (χ3v) is 13.5. The van der Waals surface area contributed by atoms with Crippen LogP contribution >= 0.6 is 0 Å². The third-order valence-electron chi connectivity index (χ3n) is 11.7. The number of carbonyl (C=O) groups excluding carboxylic acids is 5. The summed E-state index contributed by atoms with van der Waals surface area (Å²) in [5, 5.41) is 4.87. The van der Waals surface area contributed by atoms with E-state index in [9.17, 15) is 32.4 Å². The molecule has 4 fully saturated rings. The van der Waals surface area contributed by atoms with Gasteiger partial charge < -0.3 is 25.0 Å². The third kappa shape index (κ3) is 7.28. The molecule has 7 rings (SSSR count). The van der Waals surface area contributed by atoms with Crippen LogP contribution in [0.15, 0.2) is 36.9 Å². The summed E-state index contributed by atoms with van der Waals surface area (Å²) in [5.41, 5.74) is -0.0624. The predicted octanol–water partition coefficient (Wildman–Crippen LogP) is 3.50. The number of benzene rings is 1. The van der Waals surface area contributed by atoms with Crippen LogP contribution < -0.4 is 15.4 Å². The Morgan fingerprint density at radius 3 is 2.53 bits per heavy atom. The van der Waals surface area contributed by atoms with Gasteiger partial charge in [0.2, 0.25) is 21.8 Å². The number of rotatable bonds is 6. The molecule has 1 aromatic rings. The van der Waals surface area contributed by atoms with Crippen molar-refractivity contribution in [3.63, 3.8) is 0 Å². The Morgan fingerprint density at radius 1 is 1.09 bits per heavy atom. The Hall–Kier alpha value is -4.40. The molecule has 53 heavy (non-hydrogen) atoms. The number of ether oxygens (including phenoxy) is 2. The lowest BCUT2D eigenvalue weighted by Gasteiger charge is -2.35. The van der Waals surface area contributed by atoms with E-state index in [0.717, 1.165) is 29.5 Å². The van der Waals surface area contributed by atoms with Crippen LogP contribution in [0.1, 0.15) is 89.3 Å². The first-order chi connectivity index (χ1) is 24.9. The van der Waals surface area contributed by atoms with E-state index in [1.54, 1.807) is 25.7 Å². The molecular weight excluding hydrogens is 703 g/mol. The van der Waals surface area contributed by atoms with E-state index in [4.69, 9.17) is 9.47 Å². The fourth-order valence-electron chi connectivity index (χ4n) is 7.99. The summed E-state index contributed by atoms with van der Waals surface area (Å²) in [7, 11) is -3.91. The molecule has 3 saturated carbocycles. The van der Waals surface area contributed by atoms with Crippen molar-refractivity contribution in [2.75, 3.05) is 6.54 Å². The summed E-state index contributed by atoms with van der Waals surface area (Å²) >= 11 is 0. The predicted molar refractivity (Wildman–Crippen MR) is 193 cm³/mol. The summed E-state index contributed by atoms with van der Waals surface area (Å²) < 4.78 is 39.4. The molecule has 286 valence electrons. The van der Waals surface area contributed by atoms with Crippen LogP contribution in [-0.4, -0.2) is 89.2 Å². The van der Waals surface area contributed by atoms with Gasteiger partial charge in [0.1, 0.15) is 29.3 Å². The Balaban J connectivity index is 1.17. The molecule has 3 N–H and O–H groups in total. The van der Waals surface area contributed by atoms with Gasteiger partial charge in [-0.3, -0.25) is 24.0 Å². The van der Waals surface area contributed by atoms with Crippen LogP contribution in [0.2, 0.25) is 0 Å². The highest BCUT2D eigenvalue weighted by atomic mass is 32.2. The van der Waals surface area contributed by atoms with Crippen LogP contribution in [0.5, 0.6) is 0 Å². The Morgan fingerprint density at radius 2 is 1.85 bits per heavy atom. The van der Waals surface area contributed by atoms with E-state index in [1.807, 2.05) is 25.1 Å². The van der Waals surface area contributed by atoms with E-state index in [2.05, 4.69) is 34.1 Å². The van der Waals surface area contributed by atoms with Gasteiger partial charge in [0.25, 0.3) is 5.91 Å².